The molecule has 1 amide bonds. The number of rotatable bonds is 37. The average molecular weight is 788 g/mol. The summed E-state index contributed by atoms with van der Waals surface area (Å²) >= 11 is 0. The summed E-state index contributed by atoms with van der Waals surface area (Å²) in [7, 11) is 0. The summed E-state index contributed by atoms with van der Waals surface area (Å²) in [5.41, 5.74) is 0. The first kappa shape index (κ1) is 51.9. The van der Waals surface area contributed by atoms with Gasteiger partial charge in [-0.25, -0.2) is 0 Å². The maximum atomic E-state index is 13.0. The van der Waals surface area contributed by atoms with E-state index in [2.05, 4.69) is 31.3 Å². The van der Waals surface area contributed by atoms with Crippen molar-refractivity contribution in [3.63, 3.8) is 0 Å². The van der Waals surface area contributed by atoms with E-state index in [-0.39, 0.29) is 6.42 Å². The molecule has 0 spiro atoms. The number of hydrogen-bond donors (Lipinski definition) is 8. The molecule has 0 saturated carbocycles. The van der Waals surface area contributed by atoms with Crippen molar-refractivity contribution < 1.29 is 50.0 Å². The quantitative estimate of drug-likeness (QED) is 0.0243. The van der Waals surface area contributed by atoms with Crippen LogP contribution in [-0.4, -0.2) is 110 Å². The van der Waals surface area contributed by atoms with Crippen molar-refractivity contribution in [2.45, 2.75) is 249 Å². The van der Waals surface area contributed by atoms with Gasteiger partial charge in [0.1, 0.15) is 36.6 Å². The molecule has 0 aliphatic carbocycles. The van der Waals surface area contributed by atoms with Crippen molar-refractivity contribution in [3.05, 3.63) is 12.2 Å². The fourth-order valence-corrected chi connectivity index (χ4v) is 7.24. The summed E-state index contributed by atoms with van der Waals surface area (Å²) < 4.78 is 11.1. The molecule has 0 aromatic carbocycles. The Morgan fingerprint density at radius 3 is 1.58 bits per heavy atom. The van der Waals surface area contributed by atoms with E-state index < -0.39 is 74.2 Å². The third-order valence-corrected chi connectivity index (χ3v) is 11.1. The van der Waals surface area contributed by atoms with E-state index in [1.807, 2.05) is 0 Å². The van der Waals surface area contributed by atoms with Gasteiger partial charge in [0.25, 0.3) is 0 Å². The van der Waals surface area contributed by atoms with Gasteiger partial charge < -0.3 is 50.5 Å². The Morgan fingerprint density at radius 2 is 1.07 bits per heavy atom. The SMILES string of the molecule is CCCC/C=C\CCCCCCC(O)C(=O)NC(COC1OC(CO)C(O)C(O)C1O)C(O)C(O)CCCCCCCCCCCCCCCCCCCC. The summed E-state index contributed by atoms with van der Waals surface area (Å²) in [6, 6.07) is -1.17. The average Bonchev–Trinajstić information content (AvgIpc) is 3.18. The lowest BCUT2D eigenvalue weighted by Crippen LogP contribution is -2.60. The molecule has 0 aromatic heterocycles. The zero-order valence-electron chi connectivity index (χ0n) is 34.9. The number of aliphatic hydroxyl groups is 7. The van der Waals surface area contributed by atoms with E-state index in [9.17, 15) is 40.5 Å². The maximum Gasteiger partial charge on any atom is 0.249 e. The second kappa shape index (κ2) is 34.9. The van der Waals surface area contributed by atoms with E-state index in [1.54, 1.807) is 0 Å². The molecule has 55 heavy (non-hydrogen) atoms. The molecule has 11 heteroatoms. The van der Waals surface area contributed by atoms with Crippen LogP contribution in [0.1, 0.15) is 194 Å². The first-order valence-electron chi connectivity index (χ1n) is 22.6. The van der Waals surface area contributed by atoms with Crippen molar-refractivity contribution in [1.82, 2.24) is 5.32 Å². The molecular formula is C44H85NO10. The maximum absolute atomic E-state index is 13.0. The van der Waals surface area contributed by atoms with Crippen molar-refractivity contribution in [2.75, 3.05) is 13.2 Å². The van der Waals surface area contributed by atoms with Crippen LogP contribution in [0.2, 0.25) is 0 Å². The highest BCUT2D eigenvalue weighted by atomic mass is 16.7. The molecule has 8 N–H and O–H groups in total. The Hall–Kier alpha value is -1.15. The number of hydrogen-bond acceptors (Lipinski definition) is 10. The predicted molar refractivity (Wildman–Crippen MR) is 219 cm³/mol. The molecule has 0 bridgehead atoms. The summed E-state index contributed by atoms with van der Waals surface area (Å²) in [6.07, 6.45) is 24.1. The molecule has 0 aromatic rings. The first-order valence-corrected chi connectivity index (χ1v) is 22.6. The first-order chi connectivity index (χ1) is 26.7. The van der Waals surface area contributed by atoms with E-state index in [0.717, 1.165) is 51.4 Å². The standard InChI is InChI=1S/C44H85NO10/c1-3-5-7-9-11-13-15-16-17-18-19-20-21-22-24-25-27-29-31-36(47)39(49)35(34-54-44-42(52)41(51)40(50)38(33-46)55-44)45-43(53)37(48)32-30-28-26-23-14-12-10-8-6-4-2/h10,12,35-42,44,46-52H,3-9,11,13-34H2,1-2H3,(H,45,53)/b12-10-. The monoisotopic (exact) mass is 788 g/mol. The number of carbonyl (C=O) groups excluding carboxylic acids is 1. The van der Waals surface area contributed by atoms with Gasteiger partial charge >= 0.3 is 0 Å². The van der Waals surface area contributed by atoms with E-state index >= 15 is 0 Å². The minimum absolute atomic E-state index is 0.246. The van der Waals surface area contributed by atoms with Gasteiger partial charge in [-0.05, 0) is 32.1 Å². The molecule has 1 heterocycles. The smallest absolute Gasteiger partial charge is 0.249 e. The molecule has 1 fully saturated rings. The van der Waals surface area contributed by atoms with Crippen molar-refractivity contribution in [3.8, 4) is 0 Å². The molecular weight excluding hydrogens is 702 g/mol. The number of allylic oxidation sites excluding steroid dienone is 2. The molecule has 0 radical (unpaired) electrons. The lowest BCUT2D eigenvalue weighted by Gasteiger charge is -2.40. The van der Waals surface area contributed by atoms with Crippen LogP contribution < -0.4 is 5.32 Å². The minimum atomic E-state index is -1.66. The van der Waals surface area contributed by atoms with Crippen LogP contribution in [0.25, 0.3) is 0 Å². The van der Waals surface area contributed by atoms with Gasteiger partial charge in [0, 0.05) is 0 Å². The van der Waals surface area contributed by atoms with Crippen LogP contribution in [0.15, 0.2) is 12.2 Å². The predicted octanol–water partition coefficient (Wildman–Crippen LogP) is 6.89. The van der Waals surface area contributed by atoms with Gasteiger partial charge in [-0.15, -0.1) is 0 Å². The number of ether oxygens (including phenoxy) is 2. The van der Waals surface area contributed by atoms with Crippen molar-refractivity contribution in [2.24, 2.45) is 0 Å². The Morgan fingerprint density at radius 1 is 0.618 bits per heavy atom. The Kier molecular flexibility index (Phi) is 32.9. The summed E-state index contributed by atoms with van der Waals surface area (Å²) in [5, 5.41) is 75.5. The van der Waals surface area contributed by atoms with Crippen LogP contribution >= 0.6 is 0 Å². The topological polar surface area (TPSA) is 189 Å². The highest BCUT2D eigenvalue weighted by Crippen LogP contribution is 2.23. The van der Waals surface area contributed by atoms with Crippen LogP contribution in [-0.2, 0) is 14.3 Å². The van der Waals surface area contributed by atoms with Gasteiger partial charge in [0.2, 0.25) is 5.91 Å². The van der Waals surface area contributed by atoms with Crippen LogP contribution in [0.4, 0.5) is 0 Å². The summed E-state index contributed by atoms with van der Waals surface area (Å²) in [4.78, 5) is 13.0. The third kappa shape index (κ3) is 25.1. The molecule has 1 rings (SSSR count). The van der Waals surface area contributed by atoms with Gasteiger partial charge in [-0.3, -0.25) is 4.79 Å². The van der Waals surface area contributed by atoms with E-state index in [1.165, 1.54) is 103 Å². The Balaban J connectivity index is 2.44. The number of unbranched alkanes of at least 4 members (excludes halogenated alkanes) is 23. The molecule has 9 unspecified atom stereocenters. The normalized spacial score (nSPS) is 22.5. The molecule has 326 valence electrons. The van der Waals surface area contributed by atoms with E-state index in [0.29, 0.717) is 19.3 Å². The molecule has 9 atom stereocenters. The van der Waals surface area contributed by atoms with Crippen molar-refractivity contribution >= 4 is 5.91 Å². The second-order valence-electron chi connectivity index (χ2n) is 16.1. The number of aliphatic hydroxyl groups excluding tert-OH is 7. The highest BCUT2D eigenvalue weighted by molar-refractivity contribution is 5.80. The molecule has 1 saturated heterocycles. The van der Waals surface area contributed by atoms with Gasteiger partial charge in [-0.2, -0.15) is 0 Å². The van der Waals surface area contributed by atoms with Crippen molar-refractivity contribution in [1.29, 1.82) is 0 Å². The fraction of sp³-hybridized carbons (Fsp3) is 0.932. The summed E-state index contributed by atoms with van der Waals surface area (Å²) in [6.45, 7) is 3.38. The zero-order chi connectivity index (χ0) is 40.5. The minimum Gasteiger partial charge on any atom is -0.394 e. The third-order valence-electron chi connectivity index (χ3n) is 11.1. The number of nitrogens with one attached hydrogen (secondary N) is 1. The Labute approximate surface area is 334 Å². The molecule has 1 aliphatic heterocycles. The number of amides is 1. The van der Waals surface area contributed by atoms with Crippen LogP contribution in [0, 0.1) is 0 Å². The number of carbonyl (C=O) groups is 1. The molecule has 11 nitrogen and oxygen atoms in total. The molecule has 1 aliphatic rings. The zero-order valence-corrected chi connectivity index (χ0v) is 34.9. The second-order valence-corrected chi connectivity index (χ2v) is 16.1. The summed E-state index contributed by atoms with van der Waals surface area (Å²) in [5.74, 6) is -0.708. The van der Waals surface area contributed by atoms with E-state index in [4.69, 9.17) is 9.47 Å². The highest BCUT2D eigenvalue weighted by Gasteiger charge is 2.44. The fourth-order valence-electron chi connectivity index (χ4n) is 7.24. The van der Waals surface area contributed by atoms with Crippen LogP contribution in [0.5, 0.6) is 0 Å². The van der Waals surface area contributed by atoms with Gasteiger partial charge in [0.05, 0.1) is 25.4 Å². The lowest BCUT2D eigenvalue weighted by molar-refractivity contribution is -0.303. The lowest BCUT2D eigenvalue weighted by atomic mass is 9.98. The van der Waals surface area contributed by atoms with Crippen LogP contribution in [0.3, 0.4) is 0 Å². The largest absolute Gasteiger partial charge is 0.394 e. The van der Waals surface area contributed by atoms with Gasteiger partial charge in [-0.1, -0.05) is 174 Å². The van der Waals surface area contributed by atoms with Gasteiger partial charge in [0.15, 0.2) is 6.29 Å². The Bertz CT molecular complexity index is 908.